The molecule has 2 unspecified atom stereocenters. The van der Waals surface area contributed by atoms with Gasteiger partial charge in [-0.25, -0.2) is 8.78 Å². The summed E-state index contributed by atoms with van der Waals surface area (Å²) in [6.07, 6.45) is 6.62. The van der Waals surface area contributed by atoms with Crippen molar-refractivity contribution in [2.24, 2.45) is 5.73 Å². The van der Waals surface area contributed by atoms with Crippen LogP contribution in [0.25, 0.3) is 0 Å². The highest BCUT2D eigenvalue weighted by atomic mass is 19.1. The van der Waals surface area contributed by atoms with E-state index in [1.165, 1.54) is 24.1 Å². The van der Waals surface area contributed by atoms with Crippen LogP contribution in [0.4, 0.5) is 8.78 Å². The number of carbonyl (C=O) groups is 2. The molecule has 2 aromatic carbocycles. The quantitative estimate of drug-likeness (QED) is 0.308. The van der Waals surface area contributed by atoms with Crippen molar-refractivity contribution >= 4 is 11.9 Å². The van der Waals surface area contributed by atoms with Crippen LogP contribution < -0.4 is 16.4 Å². The molecule has 3 rings (SSSR count). The third-order valence-electron chi connectivity index (χ3n) is 6.98. The lowest BCUT2D eigenvalue weighted by Crippen LogP contribution is -2.46. The zero-order valence-corrected chi connectivity index (χ0v) is 22.3. The predicted octanol–water partition coefficient (Wildman–Crippen LogP) is 4.72. The first kappa shape index (κ1) is 29.7. The Morgan fingerprint density at radius 3 is 2.42 bits per heavy atom. The Labute approximate surface area is 224 Å². The Bertz CT molecular complexity index is 1020. The monoisotopic (exact) mass is 529 g/mol. The topological polar surface area (TPSA) is 93.4 Å². The van der Waals surface area contributed by atoms with Gasteiger partial charge in [-0.15, -0.1) is 0 Å². The van der Waals surface area contributed by atoms with Gasteiger partial charge in [0, 0.05) is 44.1 Å². The highest BCUT2D eigenvalue weighted by Crippen LogP contribution is 2.18. The van der Waals surface area contributed by atoms with Gasteiger partial charge in [-0.3, -0.25) is 9.59 Å². The maximum atomic E-state index is 13.7. The third-order valence-corrected chi connectivity index (χ3v) is 6.98. The molecule has 0 heterocycles. The highest BCUT2D eigenvalue weighted by Gasteiger charge is 2.23. The number of carbonyl (C=O) groups excluding carboxylic acids is 2. The molecule has 2 atom stereocenters. The Morgan fingerprint density at radius 2 is 1.71 bits per heavy atom. The summed E-state index contributed by atoms with van der Waals surface area (Å²) in [5.74, 6) is -1.85. The molecule has 38 heavy (non-hydrogen) atoms. The average Bonchev–Trinajstić information content (AvgIpc) is 2.88. The normalized spacial score (nSPS) is 15.6. The van der Waals surface area contributed by atoms with Crippen LogP contribution in [-0.2, 0) is 33.7 Å². The number of hydrogen-bond donors (Lipinski definition) is 3. The molecule has 1 amide bonds. The SMILES string of the molecule is CCc1cccc(CNCC(OC(=O)CCCC(=O)NC2CCCCC2)C(N)Cc2cc(F)cc(F)c2)c1. The third kappa shape index (κ3) is 10.5. The smallest absolute Gasteiger partial charge is 0.306 e. The van der Waals surface area contributed by atoms with E-state index >= 15 is 0 Å². The molecule has 1 saturated carbocycles. The number of halogens is 2. The van der Waals surface area contributed by atoms with Crippen molar-refractivity contribution in [2.75, 3.05) is 6.54 Å². The van der Waals surface area contributed by atoms with Crippen molar-refractivity contribution in [3.63, 3.8) is 0 Å². The van der Waals surface area contributed by atoms with Gasteiger partial charge in [0.2, 0.25) is 5.91 Å². The van der Waals surface area contributed by atoms with Crippen molar-refractivity contribution in [1.82, 2.24) is 10.6 Å². The van der Waals surface area contributed by atoms with Crippen molar-refractivity contribution in [3.05, 3.63) is 70.8 Å². The molecule has 2 aromatic rings. The largest absolute Gasteiger partial charge is 0.459 e. The second-order valence-corrected chi connectivity index (χ2v) is 10.2. The number of nitrogens with two attached hydrogens (primary N) is 1. The van der Waals surface area contributed by atoms with Crippen molar-refractivity contribution in [3.8, 4) is 0 Å². The fraction of sp³-hybridized carbons (Fsp3) is 0.533. The summed E-state index contributed by atoms with van der Waals surface area (Å²) in [7, 11) is 0. The molecule has 1 fully saturated rings. The molecule has 8 heteroatoms. The minimum Gasteiger partial charge on any atom is -0.459 e. The second-order valence-electron chi connectivity index (χ2n) is 10.2. The molecule has 1 aliphatic carbocycles. The van der Waals surface area contributed by atoms with Crippen LogP contribution in [0.15, 0.2) is 42.5 Å². The van der Waals surface area contributed by atoms with Crippen LogP contribution in [0.3, 0.4) is 0 Å². The van der Waals surface area contributed by atoms with Crippen LogP contribution in [0.1, 0.15) is 75.0 Å². The number of aryl methyl sites for hydroxylation is 1. The van der Waals surface area contributed by atoms with E-state index in [4.69, 9.17) is 10.5 Å². The number of amides is 1. The van der Waals surface area contributed by atoms with Gasteiger partial charge < -0.3 is 21.1 Å². The van der Waals surface area contributed by atoms with Crippen molar-refractivity contribution < 1.29 is 23.1 Å². The van der Waals surface area contributed by atoms with E-state index in [-0.39, 0.29) is 37.8 Å². The molecular weight excluding hydrogens is 488 g/mol. The Morgan fingerprint density at radius 1 is 1.00 bits per heavy atom. The standard InChI is InChI=1S/C30H41F2N3O3/c1-2-21-8-6-9-22(14-21)19-34-20-28(27(33)17-23-15-24(31)18-25(32)16-23)38-30(37)13-7-12-29(36)35-26-10-4-3-5-11-26/h6,8-9,14-16,18,26-28,34H,2-5,7,10-13,17,19-20,33H2,1H3,(H,35,36). The highest BCUT2D eigenvalue weighted by molar-refractivity contribution is 5.77. The number of benzene rings is 2. The fourth-order valence-electron chi connectivity index (χ4n) is 4.90. The van der Waals surface area contributed by atoms with Crippen LogP contribution in [-0.4, -0.2) is 36.6 Å². The predicted molar refractivity (Wildman–Crippen MR) is 144 cm³/mol. The molecule has 1 aliphatic rings. The zero-order valence-electron chi connectivity index (χ0n) is 22.3. The van der Waals surface area contributed by atoms with Gasteiger partial charge >= 0.3 is 5.97 Å². The Kier molecular flexibility index (Phi) is 12.2. The van der Waals surface area contributed by atoms with Gasteiger partial charge in [-0.1, -0.05) is 50.5 Å². The van der Waals surface area contributed by atoms with Gasteiger partial charge in [-0.05, 0) is 60.9 Å². The van der Waals surface area contributed by atoms with E-state index in [1.807, 2.05) is 12.1 Å². The van der Waals surface area contributed by atoms with Crippen molar-refractivity contribution in [1.29, 1.82) is 0 Å². The van der Waals surface area contributed by atoms with E-state index in [0.717, 1.165) is 43.7 Å². The molecule has 0 aliphatic heterocycles. The van der Waals surface area contributed by atoms with Crippen molar-refractivity contribution in [2.45, 2.75) is 95.9 Å². The van der Waals surface area contributed by atoms with E-state index in [2.05, 4.69) is 29.7 Å². The molecule has 0 saturated heterocycles. The first-order chi connectivity index (χ1) is 18.3. The van der Waals surface area contributed by atoms with Gasteiger partial charge in [0.1, 0.15) is 17.7 Å². The molecule has 0 bridgehead atoms. The van der Waals surface area contributed by atoms with Gasteiger partial charge in [0.15, 0.2) is 0 Å². The van der Waals surface area contributed by atoms with Crippen LogP contribution in [0, 0.1) is 11.6 Å². The molecule has 0 radical (unpaired) electrons. The summed E-state index contributed by atoms with van der Waals surface area (Å²) < 4.78 is 33.1. The minimum atomic E-state index is -0.709. The van der Waals surface area contributed by atoms with Crippen LogP contribution in [0.2, 0.25) is 0 Å². The summed E-state index contributed by atoms with van der Waals surface area (Å²) in [5, 5.41) is 6.36. The maximum absolute atomic E-state index is 13.7. The lowest BCUT2D eigenvalue weighted by molar-refractivity contribution is -0.150. The van der Waals surface area contributed by atoms with E-state index in [0.29, 0.717) is 18.5 Å². The molecule has 0 spiro atoms. The summed E-state index contributed by atoms with van der Waals surface area (Å²) in [4.78, 5) is 24.9. The first-order valence-electron chi connectivity index (χ1n) is 13.8. The molecule has 4 N–H and O–H groups in total. The molecule has 0 aromatic heterocycles. The maximum Gasteiger partial charge on any atom is 0.306 e. The molecule has 6 nitrogen and oxygen atoms in total. The summed E-state index contributed by atoms with van der Waals surface area (Å²) >= 11 is 0. The number of nitrogens with one attached hydrogen (secondary N) is 2. The van der Waals surface area contributed by atoms with E-state index < -0.39 is 29.7 Å². The summed E-state index contributed by atoms with van der Waals surface area (Å²) in [6, 6.07) is 11.0. The minimum absolute atomic E-state index is 0.0398. The Balaban J connectivity index is 1.53. The van der Waals surface area contributed by atoms with Gasteiger partial charge in [0.05, 0.1) is 0 Å². The lowest BCUT2D eigenvalue weighted by atomic mass is 9.95. The number of hydrogen-bond acceptors (Lipinski definition) is 5. The van der Waals surface area contributed by atoms with Gasteiger partial charge in [0.25, 0.3) is 0 Å². The van der Waals surface area contributed by atoms with E-state index in [9.17, 15) is 18.4 Å². The Hall–Kier alpha value is -2.84. The van der Waals surface area contributed by atoms with Crippen LogP contribution in [0.5, 0.6) is 0 Å². The zero-order chi connectivity index (χ0) is 27.3. The molecule has 208 valence electrons. The molecular formula is C30H41F2N3O3. The average molecular weight is 530 g/mol. The summed E-state index contributed by atoms with van der Waals surface area (Å²) in [6.45, 7) is 2.93. The summed E-state index contributed by atoms with van der Waals surface area (Å²) in [5.41, 5.74) is 9.10. The lowest BCUT2D eigenvalue weighted by Gasteiger charge is -2.25. The van der Waals surface area contributed by atoms with E-state index in [1.54, 1.807) is 0 Å². The van der Waals surface area contributed by atoms with Crippen LogP contribution >= 0.6 is 0 Å². The fourth-order valence-corrected chi connectivity index (χ4v) is 4.90. The number of ether oxygens (including phenoxy) is 1. The van der Waals surface area contributed by atoms with Gasteiger partial charge in [-0.2, -0.15) is 0 Å². The number of rotatable bonds is 14. The number of esters is 1. The first-order valence-corrected chi connectivity index (χ1v) is 13.8. The second kappa shape index (κ2) is 15.5.